The Bertz CT molecular complexity index is 698. The van der Waals surface area contributed by atoms with Gasteiger partial charge in [0.1, 0.15) is 0 Å². The van der Waals surface area contributed by atoms with Crippen molar-refractivity contribution in [2.24, 2.45) is 0 Å². The zero-order valence-corrected chi connectivity index (χ0v) is 21.0. The molecule has 0 aromatic heterocycles. The number of hydrogen-bond donors (Lipinski definition) is 0. The third-order valence-corrected chi connectivity index (χ3v) is 4.49. The minimum Gasteiger partial charge on any atom is -0.358 e. The van der Waals surface area contributed by atoms with Crippen LogP contribution in [-0.2, 0) is 27.6 Å². The Labute approximate surface area is 184 Å². The summed E-state index contributed by atoms with van der Waals surface area (Å²) in [4.78, 5) is 2.31. The van der Waals surface area contributed by atoms with E-state index in [4.69, 9.17) is 23.2 Å². The van der Waals surface area contributed by atoms with Crippen LogP contribution in [0.25, 0.3) is 0 Å². The number of nitrogens with zero attached hydrogens (tertiary/aromatic N) is 1. The first-order chi connectivity index (χ1) is 11.3. The van der Waals surface area contributed by atoms with E-state index in [9.17, 15) is 0 Å². The van der Waals surface area contributed by atoms with Gasteiger partial charge in [-0.25, -0.2) is 0 Å². The third kappa shape index (κ3) is 7.00. The van der Waals surface area contributed by atoms with Crippen molar-refractivity contribution < 1.29 is 21.1 Å². The van der Waals surface area contributed by atoms with Crippen molar-refractivity contribution in [3.8, 4) is 0 Å². The van der Waals surface area contributed by atoms with Gasteiger partial charge >= 0.3 is 21.1 Å². The smallest absolute Gasteiger partial charge is 0.358 e. The van der Waals surface area contributed by atoms with Gasteiger partial charge < -0.3 is 18.2 Å². The van der Waals surface area contributed by atoms with E-state index in [1.54, 1.807) is 0 Å². The SMILES string of the molecule is C[C-](C)C.Cc1cccc([C@@H]2CN(C)Cc3c(Cl)cc(Cl)cc32)c1.[CH3-].[W+2]. The molecule has 2 aromatic rings. The summed E-state index contributed by atoms with van der Waals surface area (Å²) in [5.41, 5.74) is 5.09. The monoisotopic (exact) mass is 561 g/mol. The molecular weight excluding hydrogens is 533 g/mol. The first-order valence-electron chi connectivity index (χ1n) is 8.27. The predicted molar refractivity (Wildman–Crippen MR) is 112 cm³/mol. The second-order valence-electron chi connectivity index (χ2n) is 7.12. The van der Waals surface area contributed by atoms with E-state index < -0.39 is 0 Å². The number of halogens is 2. The van der Waals surface area contributed by atoms with E-state index in [0.717, 1.165) is 23.1 Å². The predicted octanol–water partition coefficient (Wildman–Crippen LogP) is 6.95. The first kappa shape index (κ1) is 25.7. The van der Waals surface area contributed by atoms with Crippen molar-refractivity contribution in [1.29, 1.82) is 0 Å². The Morgan fingerprint density at radius 2 is 1.69 bits per heavy atom. The maximum absolute atomic E-state index is 6.39. The molecule has 0 N–H and O–H groups in total. The van der Waals surface area contributed by atoms with E-state index >= 15 is 0 Å². The van der Waals surface area contributed by atoms with Crippen LogP contribution < -0.4 is 0 Å². The summed E-state index contributed by atoms with van der Waals surface area (Å²) in [7, 11) is 2.14. The Kier molecular flexibility index (Phi) is 11.4. The Balaban J connectivity index is 0.000000951. The van der Waals surface area contributed by atoms with Gasteiger partial charge in [0.15, 0.2) is 0 Å². The Morgan fingerprint density at radius 1 is 1.08 bits per heavy atom. The molecule has 3 rings (SSSR count). The molecule has 1 heterocycles. The molecule has 0 bridgehead atoms. The summed E-state index contributed by atoms with van der Waals surface area (Å²) in [6.07, 6.45) is 0. The van der Waals surface area contributed by atoms with Gasteiger partial charge in [-0.05, 0) is 42.8 Å². The van der Waals surface area contributed by atoms with Crippen LogP contribution in [0.5, 0.6) is 0 Å². The number of likely N-dealkylation sites (N-methyl/N-ethyl adjacent to an activating group) is 1. The number of fused-ring (bicyclic) bond motifs is 1. The van der Waals surface area contributed by atoms with Crippen molar-refractivity contribution in [3.63, 3.8) is 0 Å². The van der Waals surface area contributed by atoms with Crippen LogP contribution >= 0.6 is 23.2 Å². The fraction of sp³-hybridized carbons (Fsp3) is 0.364. The van der Waals surface area contributed by atoms with Gasteiger partial charge in [0.2, 0.25) is 0 Å². The summed E-state index contributed by atoms with van der Waals surface area (Å²) in [5.74, 6) is 1.75. The van der Waals surface area contributed by atoms with E-state index in [0.29, 0.717) is 5.92 Å². The largest absolute Gasteiger partial charge is 2.00 e. The van der Waals surface area contributed by atoms with Gasteiger partial charge in [-0.15, -0.1) is 0 Å². The van der Waals surface area contributed by atoms with Gasteiger partial charge in [0.05, 0.1) is 0 Å². The molecular formula is C22H29Cl2NW. The molecule has 0 fully saturated rings. The molecule has 1 aliphatic rings. The van der Waals surface area contributed by atoms with Crippen LogP contribution in [0.3, 0.4) is 0 Å². The van der Waals surface area contributed by atoms with Crippen LogP contribution in [0.2, 0.25) is 10.0 Å². The molecule has 26 heavy (non-hydrogen) atoms. The van der Waals surface area contributed by atoms with Gasteiger partial charge in [-0.1, -0.05) is 53.0 Å². The van der Waals surface area contributed by atoms with E-state index in [-0.39, 0.29) is 28.5 Å². The molecule has 1 atom stereocenters. The Hall–Kier alpha value is -0.332. The average molecular weight is 562 g/mol. The van der Waals surface area contributed by atoms with Crippen LogP contribution in [0.15, 0.2) is 36.4 Å². The normalized spacial score (nSPS) is 15.9. The van der Waals surface area contributed by atoms with Gasteiger partial charge in [-0.2, -0.15) is 20.8 Å². The van der Waals surface area contributed by atoms with Crippen molar-refractivity contribution in [1.82, 2.24) is 4.90 Å². The molecule has 4 heteroatoms. The first-order valence-corrected chi connectivity index (χ1v) is 9.03. The van der Waals surface area contributed by atoms with Gasteiger partial charge in [-0.3, -0.25) is 0 Å². The van der Waals surface area contributed by atoms with Crippen LogP contribution in [-0.4, -0.2) is 18.5 Å². The zero-order chi connectivity index (χ0) is 17.9. The van der Waals surface area contributed by atoms with Crippen molar-refractivity contribution >= 4 is 23.2 Å². The zero-order valence-electron chi connectivity index (χ0n) is 16.6. The second kappa shape index (κ2) is 11.5. The van der Waals surface area contributed by atoms with E-state index in [1.807, 2.05) is 6.07 Å². The number of rotatable bonds is 1. The quantitative estimate of drug-likeness (QED) is 0.341. The maximum Gasteiger partial charge on any atom is 2.00 e. The summed E-state index contributed by atoms with van der Waals surface area (Å²) in [6, 6.07) is 12.6. The fourth-order valence-corrected chi connectivity index (χ4v) is 3.59. The summed E-state index contributed by atoms with van der Waals surface area (Å²) < 4.78 is 0. The third-order valence-electron chi connectivity index (χ3n) is 3.94. The second-order valence-corrected chi connectivity index (χ2v) is 7.96. The number of aryl methyl sites for hydroxylation is 1. The fourth-order valence-electron chi connectivity index (χ4n) is 3.02. The van der Waals surface area contributed by atoms with Crippen LogP contribution in [0.4, 0.5) is 0 Å². The minimum absolute atomic E-state index is 0. The maximum atomic E-state index is 6.39. The summed E-state index contributed by atoms with van der Waals surface area (Å²) >= 11 is 12.6. The van der Waals surface area contributed by atoms with Crippen molar-refractivity contribution in [2.45, 2.75) is 40.2 Å². The van der Waals surface area contributed by atoms with Crippen molar-refractivity contribution in [3.05, 3.63) is 82.0 Å². The minimum atomic E-state index is 0. The topological polar surface area (TPSA) is 3.24 Å². The molecule has 1 aliphatic heterocycles. The summed E-state index contributed by atoms with van der Waals surface area (Å²) in [5, 5.41) is 1.49. The molecule has 0 saturated carbocycles. The van der Waals surface area contributed by atoms with Gasteiger partial charge in [0.25, 0.3) is 0 Å². The van der Waals surface area contributed by atoms with E-state index in [2.05, 4.69) is 70.0 Å². The molecule has 2 aromatic carbocycles. The average Bonchev–Trinajstić information content (AvgIpc) is 2.47. The molecule has 0 radical (unpaired) electrons. The molecule has 0 saturated heterocycles. The molecule has 0 aliphatic carbocycles. The van der Waals surface area contributed by atoms with Gasteiger partial charge in [0, 0.05) is 29.1 Å². The number of benzene rings is 2. The van der Waals surface area contributed by atoms with Crippen LogP contribution in [0, 0.1) is 20.3 Å². The van der Waals surface area contributed by atoms with E-state index in [1.165, 1.54) is 28.2 Å². The number of hydrogen-bond acceptors (Lipinski definition) is 1. The standard InChI is InChI=1S/C17H17Cl2N.C4H9.CH3.W/c1-11-4-3-5-12(6-11)15-9-20(2)10-16-14(15)7-13(18)8-17(16)19;1-4(2)3;;/h3-8,15H,9-10H2,1-2H3;1-3H3;1H3;/q;2*-1;+2/t15-;;;/m0.../s1. The Morgan fingerprint density at radius 3 is 2.27 bits per heavy atom. The molecule has 0 spiro atoms. The molecule has 1 nitrogen and oxygen atoms in total. The molecule has 0 amide bonds. The summed E-state index contributed by atoms with van der Waals surface area (Å²) in [6.45, 7) is 10.3. The van der Waals surface area contributed by atoms with Crippen LogP contribution in [0.1, 0.15) is 48.9 Å². The van der Waals surface area contributed by atoms with Crippen molar-refractivity contribution in [2.75, 3.05) is 13.6 Å². The molecule has 0 unspecified atom stereocenters. The molecule has 142 valence electrons.